The predicted molar refractivity (Wildman–Crippen MR) is 101 cm³/mol. The van der Waals surface area contributed by atoms with Crippen LogP contribution in [0.15, 0.2) is 23.5 Å². The van der Waals surface area contributed by atoms with E-state index < -0.39 is 0 Å². The van der Waals surface area contributed by atoms with Crippen molar-refractivity contribution < 1.29 is 9.53 Å². The summed E-state index contributed by atoms with van der Waals surface area (Å²) >= 11 is 0. The zero-order chi connectivity index (χ0) is 17.9. The fraction of sp³-hybridized carbons (Fsp3) is 0.750. The normalized spacial score (nSPS) is 18.5. The van der Waals surface area contributed by atoms with E-state index in [2.05, 4.69) is 31.0 Å². The Labute approximate surface area is 148 Å². The summed E-state index contributed by atoms with van der Waals surface area (Å²) in [6.45, 7) is 9.13. The fourth-order valence-corrected chi connectivity index (χ4v) is 3.45. The first-order valence-electron chi connectivity index (χ1n) is 9.56. The number of hydrogen-bond donors (Lipinski definition) is 0. The molecule has 24 heavy (non-hydrogen) atoms. The lowest BCUT2D eigenvalue weighted by Crippen LogP contribution is -2.45. The Balaban J connectivity index is 0.00000139. The van der Waals surface area contributed by atoms with Gasteiger partial charge in [-0.25, -0.2) is 0 Å². The molecule has 4 heteroatoms. The monoisotopic (exact) mass is 336 g/mol. The topological polar surface area (TPSA) is 32.8 Å². The highest BCUT2D eigenvalue weighted by atomic mass is 16.5. The van der Waals surface area contributed by atoms with Crippen LogP contribution < -0.4 is 0 Å². The average Bonchev–Trinajstić information content (AvgIpc) is 2.64. The number of methoxy groups -OCH3 is 1. The molecule has 138 valence electrons. The van der Waals surface area contributed by atoms with Crippen molar-refractivity contribution in [3.05, 3.63) is 23.5 Å². The Bertz CT molecular complexity index is 435. The van der Waals surface area contributed by atoms with Crippen molar-refractivity contribution in [1.82, 2.24) is 9.80 Å². The highest BCUT2D eigenvalue weighted by molar-refractivity contribution is 5.79. The molecule has 1 aliphatic heterocycles. The van der Waals surface area contributed by atoms with Gasteiger partial charge in [-0.2, -0.15) is 0 Å². The Kier molecular flexibility index (Phi) is 9.77. The van der Waals surface area contributed by atoms with Crippen LogP contribution in [0.1, 0.15) is 59.3 Å². The zero-order valence-electron chi connectivity index (χ0n) is 16.3. The molecule has 2 rings (SSSR count). The minimum Gasteiger partial charge on any atom is -0.501 e. The second-order valence-corrected chi connectivity index (χ2v) is 6.36. The summed E-state index contributed by atoms with van der Waals surface area (Å²) < 4.78 is 5.42. The van der Waals surface area contributed by atoms with Gasteiger partial charge in [-0.1, -0.05) is 32.9 Å². The van der Waals surface area contributed by atoms with Crippen LogP contribution in [0.3, 0.4) is 0 Å². The lowest BCUT2D eigenvalue weighted by molar-refractivity contribution is -0.132. The van der Waals surface area contributed by atoms with Gasteiger partial charge in [0.15, 0.2) is 0 Å². The molecule has 0 N–H and O–H groups in total. The number of carbonyl (C=O) groups excluding carboxylic acids is 1. The van der Waals surface area contributed by atoms with Crippen molar-refractivity contribution in [3.63, 3.8) is 0 Å². The summed E-state index contributed by atoms with van der Waals surface area (Å²) in [5, 5.41) is 0. The third-order valence-electron chi connectivity index (χ3n) is 4.82. The van der Waals surface area contributed by atoms with Crippen LogP contribution in [-0.4, -0.2) is 55.5 Å². The molecule has 1 fully saturated rings. The van der Waals surface area contributed by atoms with Gasteiger partial charge in [0.25, 0.3) is 0 Å². The van der Waals surface area contributed by atoms with Crippen molar-refractivity contribution in [2.75, 3.05) is 33.8 Å². The summed E-state index contributed by atoms with van der Waals surface area (Å²) in [7, 11) is 3.90. The van der Waals surface area contributed by atoms with Gasteiger partial charge in [-0.15, -0.1) is 0 Å². The molecule has 1 amide bonds. The predicted octanol–water partition coefficient (Wildman–Crippen LogP) is 3.99. The molecule has 0 unspecified atom stereocenters. The highest BCUT2D eigenvalue weighted by Gasteiger charge is 2.25. The van der Waals surface area contributed by atoms with Crippen LogP contribution in [0.4, 0.5) is 0 Å². The van der Waals surface area contributed by atoms with Crippen LogP contribution in [0.5, 0.6) is 0 Å². The first-order chi connectivity index (χ1) is 11.7. The molecule has 2 aliphatic rings. The van der Waals surface area contributed by atoms with Gasteiger partial charge in [0.05, 0.1) is 19.3 Å². The SMILES string of the molecule is CC.CCCN(C)C1CCN(C(=O)CC2=C(OC)CCC=C2)CC1. The number of hydrogen-bond acceptors (Lipinski definition) is 3. The second-order valence-electron chi connectivity index (χ2n) is 6.36. The van der Waals surface area contributed by atoms with Gasteiger partial charge in [0.1, 0.15) is 0 Å². The van der Waals surface area contributed by atoms with E-state index in [1.807, 2.05) is 18.7 Å². The number of allylic oxidation sites excluding steroid dienone is 3. The molecule has 1 heterocycles. The van der Waals surface area contributed by atoms with E-state index in [4.69, 9.17) is 4.74 Å². The van der Waals surface area contributed by atoms with Crippen LogP contribution >= 0.6 is 0 Å². The third-order valence-corrected chi connectivity index (χ3v) is 4.82. The summed E-state index contributed by atoms with van der Waals surface area (Å²) in [4.78, 5) is 17.0. The molecule has 0 radical (unpaired) electrons. The molecular weight excluding hydrogens is 300 g/mol. The minimum absolute atomic E-state index is 0.243. The Morgan fingerprint density at radius 1 is 1.33 bits per heavy atom. The Hall–Kier alpha value is -1.29. The number of amides is 1. The molecule has 0 spiro atoms. The summed E-state index contributed by atoms with van der Waals surface area (Å²) in [6.07, 6.45) is 9.97. The molecule has 4 nitrogen and oxygen atoms in total. The lowest BCUT2D eigenvalue weighted by atomic mass is 9.99. The molecule has 0 bridgehead atoms. The van der Waals surface area contributed by atoms with Gasteiger partial charge in [0, 0.05) is 25.6 Å². The van der Waals surface area contributed by atoms with Crippen LogP contribution in [-0.2, 0) is 9.53 Å². The molecule has 0 aromatic rings. The summed E-state index contributed by atoms with van der Waals surface area (Å²) in [5.41, 5.74) is 1.06. The maximum Gasteiger partial charge on any atom is 0.227 e. The number of carbonyl (C=O) groups is 1. The van der Waals surface area contributed by atoms with Gasteiger partial charge in [-0.3, -0.25) is 4.79 Å². The number of ether oxygens (including phenoxy) is 1. The second kappa shape index (κ2) is 11.3. The van der Waals surface area contributed by atoms with E-state index in [1.54, 1.807) is 7.11 Å². The van der Waals surface area contributed by atoms with E-state index >= 15 is 0 Å². The van der Waals surface area contributed by atoms with Crippen molar-refractivity contribution in [1.29, 1.82) is 0 Å². The molecule has 1 saturated heterocycles. The maximum absolute atomic E-state index is 12.5. The molecule has 0 aromatic carbocycles. The molecular formula is C20H36N2O2. The smallest absolute Gasteiger partial charge is 0.227 e. The fourth-order valence-electron chi connectivity index (χ4n) is 3.45. The van der Waals surface area contributed by atoms with Gasteiger partial charge in [-0.05, 0) is 44.8 Å². The van der Waals surface area contributed by atoms with Crippen molar-refractivity contribution in [2.45, 2.75) is 65.3 Å². The average molecular weight is 337 g/mol. The van der Waals surface area contributed by atoms with Crippen molar-refractivity contribution >= 4 is 5.91 Å². The standard InChI is InChI=1S/C18H30N2O2.C2H6/c1-4-11-19(2)16-9-12-20(13-10-16)18(21)14-15-7-5-6-8-17(15)22-3;1-2/h5,7,16H,4,6,8-14H2,1-3H3;1-2H3. The maximum atomic E-state index is 12.5. The first kappa shape index (κ1) is 20.8. The van der Waals surface area contributed by atoms with Gasteiger partial charge >= 0.3 is 0 Å². The minimum atomic E-state index is 0.243. The van der Waals surface area contributed by atoms with E-state index in [1.165, 1.54) is 6.42 Å². The molecule has 1 aliphatic carbocycles. The Morgan fingerprint density at radius 2 is 2.00 bits per heavy atom. The zero-order valence-corrected chi connectivity index (χ0v) is 16.3. The quantitative estimate of drug-likeness (QED) is 0.735. The number of likely N-dealkylation sites (tertiary alicyclic amines) is 1. The summed E-state index contributed by atoms with van der Waals surface area (Å²) in [6, 6.07) is 0.632. The van der Waals surface area contributed by atoms with Crippen LogP contribution in [0.25, 0.3) is 0 Å². The molecule has 0 saturated carbocycles. The third kappa shape index (κ3) is 5.97. The van der Waals surface area contributed by atoms with Crippen LogP contribution in [0, 0.1) is 0 Å². The van der Waals surface area contributed by atoms with E-state index in [9.17, 15) is 4.79 Å². The van der Waals surface area contributed by atoms with Crippen molar-refractivity contribution in [2.24, 2.45) is 0 Å². The molecule has 0 atom stereocenters. The number of nitrogens with zero attached hydrogens (tertiary/aromatic N) is 2. The summed E-state index contributed by atoms with van der Waals surface area (Å²) in [5.74, 6) is 1.22. The van der Waals surface area contributed by atoms with Gasteiger partial charge in [0.2, 0.25) is 5.91 Å². The Morgan fingerprint density at radius 3 is 2.58 bits per heavy atom. The highest BCUT2D eigenvalue weighted by Crippen LogP contribution is 2.24. The molecule has 0 aromatic heterocycles. The lowest BCUT2D eigenvalue weighted by Gasteiger charge is -2.37. The first-order valence-corrected chi connectivity index (χ1v) is 9.56. The van der Waals surface area contributed by atoms with E-state index in [0.29, 0.717) is 12.5 Å². The number of piperidine rings is 1. The largest absolute Gasteiger partial charge is 0.501 e. The van der Waals surface area contributed by atoms with Gasteiger partial charge < -0.3 is 14.5 Å². The van der Waals surface area contributed by atoms with E-state index in [-0.39, 0.29) is 5.91 Å². The van der Waals surface area contributed by atoms with Crippen molar-refractivity contribution in [3.8, 4) is 0 Å². The van der Waals surface area contributed by atoms with E-state index in [0.717, 1.165) is 56.6 Å². The number of rotatable bonds is 6. The van der Waals surface area contributed by atoms with Crippen LogP contribution in [0.2, 0.25) is 0 Å².